The standard InChI is InChI=1S/C18H20ClFN4O2S.H2S/c1-10(2)15-7-5-12-16(27(21,26)23-15)9-24(3)17(12)18(25)22-11-4-6-14(20)13(19)8-11;/h4-10,15H,1-3H3,(H,22,25)(H2,21,23,26);1H2/t15-,27?;/m1./s1. The van der Waals surface area contributed by atoms with Crippen LogP contribution in [0, 0.1) is 16.5 Å². The second-order valence-corrected chi connectivity index (χ2v) is 8.95. The Morgan fingerprint density at radius 2 is 2.11 bits per heavy atom. The van der Waals surface area contributed by atoms with Crippen molar-refractivity contribution in [2.45, 2.75) is 24.8 Å². The van der Waals surface area contributed by atoms with Crippen LogP contribution in [0.15, 0.2) is 35.4 Å². The van der Waals surface area contributed by atoms with Crippen LogP contribution < -0.4 is 10.0 Å². The van der Waals surface area contributed by atoms with Crippen LogP contribution in [-0.2, 0) is 17.0 Å². The Morgan fingerprint density at radius 1 is 1.43 bits per heavy atom. The van der Waals surface area contributed by atoms with Crippen molar-refractivity contribution < 1.29 is 13.4 Å². The van der Waals surface area contributed by atoms with Gasteiger partial charge in [-0.3, -0.25) is 4.79 Å². The van der Waals surface area contributed by atoms with E-state index in [9.17, 15) is 13.4 Å². The topological polar surface area (TPSA) is 87.0 Å². The second-order valence-electron chi connectivity index (χ2n) is 6.75. The summed E-state index contributed by atoms with van der Waals surface area (Å²) in [4.78, 5) is 13.1. The number of amides is 1. The smallest absolute Gasteiger partial charge is 0.272 e. The van der Waals surface area contributed by atoms with E-state index >= 15 is 0 Å². The van der Waals surface area contributed by atoms with Crippen LogP contribution in [0.25, 0.3) is 6.08 Å². The van der Waals surface area contributed by atoms with E-state index in [1.165, 1.54) is 22.9 Å². The number of aryl methyl sites for hydroxylation is 1. The minimum atomic E-state index is -3.28. The maximum absolute atomic E-state index is 13.3. The predicted octanol–water partition coefficient (Wildman–Crippen LogP) is 4.14. The first kappa shape index (κ1) is 22.5. The first-order valence-electron chi connectivity index (χ1n) is 8.30. The molecule has 2 heterocycles. The maximum Gasteiger partial charge on any atom is 0.272 e. The SMILES string of the molecule is CC(C)[C@H]1C=Cc2c(cn(C)c2C(=O)Nc2ccc(F)c(Cl)c2)S(=N)(=O)N1.S. The fraction of sp³-hybridized carbons (Fsp3) is 0.278. The van der Waals surface area contributed by atoms with Crippen LogP contribution >= 0.6 is 25.1 Å². The molecule has 10 heteroatoms. The van der Waals surface area contributed by atoms with E-state index in [2.05, 4.69) is 10.0 Å². The van der Waals surface area contributed by atoms with Gasteiger partial charge in [0.25, 0.3) is 5.91 Å². The van der Waals surface area contributed by atoms with Gasteiger partial charge in [-0.15, -0.1) is 0 Å². The van der Waals surface area contributed by atoms with E-state index < -0.39 is 21.6 Å². The van der Waals surface area contributed by atoms with Crippen molar-refractivity contribution in [3.05, 3.63) is 52.6 Å². The second kappa shape index (κ2) is 8.28. The number of benzene rings is 1. The zero-order chi connectivity index (χ0) is 19.9. The molecule has 28 heavy (non-hydrogen) atoms. The summed E-state index contributed by atoms with van der Waals surface area (Å²) in [5.41, 5.74) is 1.02. The molecule has 0 bridgehead atoms. The Bertz CT molecular complexity index is 1050. The number of aromatic nitrogens is 1. The van der Waals surface area contributed by atoms with Crippen molar-refractivity contribution >= 4 is 52.7 Å². The zero-order valence-corrected chi connectivity index (χ0v) is 18.1. The van der Waals surface area contributed by atoms with Crippen molar-refractivity contribution in [2.24, 2.45) is 13.0 Å². The summed E-state index contributed by atoms with van der Waals surface area (Å²) in [7, 11) is -1.63. The number of rotatable bonds is 3. The van der Waals surface area contributed by atoms with Gasteiger partial charge in [-0.25, -0.2) is 18.1 Å². The molecule has 3 N–H and O–H groups in total. The first-order chi connectivity index (χ1) is 12.6. The number of nitrogens with one attached hydrogen (secondary N) is 3. The van der Waals surface area contributed by atoms with Crippen LogP contribution in [0.1, 0.15) is 29.9 Å². The Labute approximate surface area is 175 Å². The van der Waals surface area contributed by atoms with Crippen molar-refractivity contribution in [3.8, 4) is 0 Å². The third-order valence-electron chi connectivity index (χ3n) is 4.38. The molecule has 0 saturated carbocycles. The summed E-state index contributed by atoms with van der Waals surface area (Å²) in [6.45, 7) is 3.92. The Hall–Kier alpha value is -1.81. The van der Waals surface area contributed by atoms with Gasteiger partial charge < -0.3 is 9.88 Å². The van der Waals surface area contributed by atoms with E-state index in [1.807, 2.05) is 19.9 Å². The van der Waals surface area contributed by atoms with Gasteiger partial charge in [0.1, 0.15) is 21.4 Å². The molecular weight excluding hydrogens is 423 g/mol. The molecule has 1 aliphatic rings. The fourth-order valence-corrected chi connectivity index (χ4v) is 4.73. The van der Waals surface area contributed by atoms with Gasteiger partial charge in [0.15, 0.2) is 0 Å². The molecule has 0 fully saturated rings. The molecule has 2 aromatic rings. The number of carbonyl (C=O) groups excluding carboxylic acids is 1. The van der Waals surface area contributed by atoms with E-state index in [0.717, 1.165) is 6.07 Å². The molecule has 3 rings (SSSR count). The molecule has 1 aromatic carbocycles. The normalized spacial score (nSPS) is 21.0. The van der Waals surface area contributed by atoms with E-state index in [1.54, 1.807) is 13.1 Å². The highest BCUT2D eigenvalue weighted by Gasteiger charge is 2.29. The monoisotopic (exact) mass is 444 g/mol. The van der Waals surface area contributed by atoms with Crippen LogP contribution in [0.4, 0.5) is 10.1 Å². The lowest BCUT2D eigenvalue weighted by Crippen LogP contribution is -2.35. The minimum absolute atomic E-state index is 0. The number of fused-ring (bicyclic) bond motifs is 1. The third kappa shape index (κ3) is 4.27. The number of hydrogen-bond acceptors (Lipinski definition) is 3. The Kier molecular flexibility index (Phi) is 6.65. The van der Waals surface area contributed by atoms with Gasteiger partial charge in [0.05, 0.1) is 9.92 Å². The molecule has 1 unspecified atom stereocenters. The minimum Gasteiger partial charge on any atom is -0.345 e. The number of halogens is 2. The first-order valence-corrected chi connectivity index (χ1v) is 10.2. The zero-order valence-electron chi connectivity index (χ0n) is 15.5. The van der Waals surface area contributed by atoms with Crippen molar-refractivity contribution in [2.75, 3.05) is 5.32 Å². The average molecular weight is 445 g/mol. The fourth-order valence-electron chi connectivity index (χ4n) is 2.91. The molecule has 6 nitrogen and oxygen atoms in total. The van der Waals surface area contributed by atoms with Crippen LogP contribution in [0.2, 0.25) is 5.02 Å². The Balaban J connectivity index is 0.00000280. The van der Waals surface area contributed by atoms with E-state index in [4.69, 9.17) is 16.4 Å². The number of carbonyl (C=O) groups is 1. The molecule has 0 aliphatic carbocycles. The number of hydrogen-bond donors (Lipinski definition) is 3. The summed E-state index contributed by atoms with van der Waals surface area (Å²) in [5, 5.41) is 2.57. The molecule has 0 saturated heterocycles. The largest absolute Gasteiger partial charge is 0.345 e. The highest BCUT2D eigenvalue weighted by Crippen LogP contribution is 2.29. The lowest BCUT2D eigenvalue weighted by molar-refractivity contribution is 0.101. The van der Waals surface area contributed by atoms with Crippen LogP contribution in [0.3, 0.4) is 0 Å². The van der Waals surface area contributed by atoms with E-state index in [0.29, 0.717) is 11.3 Å². The maximum atomic E-state index is 13.3. The highest BCUT2D eigenvalue weighted by molar-refractivity contribution is 7.90. The van der Waals surface area contributed by atoms with Gasteiger partial charge in [-0.2, -0.15) is 13.5 Å². The lowest BCUT2D eigenvalue weighted by Gasteiger charge is -2.18. The molecule has 0 radical (unpaired) electrons. The molecule has 0 spiro atoms. The quantitative estimate of drug-likeness (QED) is 0.664. The molecule has 1 aromatic heterocycles. The number of anilines is 1. The van der Waals surface area contributed by atoms with Gasteiger partial charge in [-0.05, 0) is 24.1 Å². The molecule has 1 aliphatic heterocycles. The summed E-state index contributed by atoms with van der Waals surface area (Å²) in [6, 6.07) is 3.63. The van der Waals surface area contributed by atoms with Gasteiger partial charge in [0, 0.05) is 30.5 Å². The number of nitrogens with zero attached hydrogens (tertiary/aromatic N) is 1. The summed E-state index contributed by atoms with van der Waals surface area (Å²) in [5.74, 6) is -0.918. The van der Waals surface area contributed by atoms with Gasteiger partial charge in [-0.1, -0.05) is 37.6 Å². The van der Waals surface area contributed by atoms with E-state index in [-0.39, 0.29) is 41.1 Å². The van der Waals surface area contributed by atoms with Crippen molar-refractivity contribution in [3.63, 3.8) is 0 Å². The summed E-state index contributed by atoms with van der Waals surface area (Å²) in [6.07, 6.45) is 5.06. The lowest BCUT2D eigenvalue weighted by atomic mass is 10.0. The molecule has 152 valence electrons. The van der Waals surface area contributed by atoms with Crippen LogP contribution in [0.5, 0.6) is 0 Å². The third-order valence-corrected chi connectivity index (χ3v) is 6.22. The molecular formula is C18H22ClFN4O2S2. The Morgan fingerprint density at radius 3 is 2.71 bits per heavy atom. The van der Waals surface area contributed by atoms with Gasteiger partial charge in [0.2, 0.25) is 0 Å². The van der Waals surface area contributed by atoms with Crippen molar-refractivity contribution in [1.82, 2.24) is 9.29 Å². The predicted molar refractivity (Wildman–Crippen MR) is 115 cm³/mol. The van der Waals surface area contributed by atoms with Crippen molar-refractivity contribution in [1.29, 1.82) is 4.78 Å². The molecule has 1 amide bonds. The summed E-state index contributed by atoms with van der Waals surface area (Å²) >= 11 is 5.76. The highest BCUT2D eigenvalue weighted by atomic mass is 35.5. The molecule has 2 atom stereocenters. The average Bonchev–Trinajstić information content (AvgIpc) is 2.85. The van der Waals surface area contributed by atoms with Crippen LogP contribution in [-0.4, -0.2) is 20.7 Å². The van der Waals surface area contributed by atoms with Gasteiger partial charge >= 0.3 is 0 Å². The summed E-state index contributed by atoms with van der Waals surface area (Å²) < 4.78 is 38.9.